The minimum absolute atomic E-state index is 0.240. The Labute approximate surface area is 159 Å². The molecule has 0 aromatic heterocycles. The van der Waals surface area contributed by atoms with Crippen molar-refractivity contribution in [1.82, 2.24) is 5.32 Å². The lowest BCUT2D eigenvalue weighted by Gasteiger charge is -2.08. The molecule has 0 saturated carbocycles. The fourth-order valence-electron chi connectivity index (χ4n) is 1.88. The number of rotatable bonds is 5. The molecule has 9 heteroatoms. The first-order valence-electron chi connectivity index (χ1n) is 7.37. The number of methoxy groups -OCH3 is 1. The number of anilines is 2. The van der Waals surface area contributed by atoms with Crippen LogP contribution in [0.3, 0.4) is 0 Å². The highest BCUT2D eigenvalue weighted by Gasteiger charge is 2.15. The van der Waals surface area contributed by atoms with Crippen LogP contribution in [0.4, 0.5) is 11.4 Å². The smallest absolute Gasteiger partial charge is 0.313 e. The van der Waals surface area contributed by atoms with Gasteiger partial charge in [-0.25, -0.2) is 0 Å². The first-order chi connectivity index (χ1) is 12.4. The zero-order valence-electron chi connectivity index (χ0n) is 13.6. The van der Waals surface area contributed by atoms with Crippen LogP contribution in [0, 0.1) is 0 Å². The van der Waals surface area contributed by atoms with Gasteiger partial charge < -0.3 is 20.7 Å². The summed E-state index contributed by atoms with van der Waals surface area (Å²) in [7, 11) is 1.53. The highest BCUT2D eigenvalue weighted by Crippen LogP contribution is 2.24. The monoisotopic (exact) mass is 395 g/mol. The van der Waals surface area contributed by atoms with E-state index in [0.29, 0.717) is 22.1 Å². The molecule has 0 fully saturated rings. The van der Waals surface area contributed by atoms with Crippen molar-refractivity contribution in [3.05, 3.63) is 52.5 Å². The number of hydrogen-bond donors (Lipinski definition) is 3. The number of halogens is 2. The quantitative estimate of drug-likeness (QED) is 0.678. The fraction of sp³-hybridized carbons (Fsp3) is 0.118. The number of hydrogen-bond acceptors (Lipinski definition) is 4. The Morgan fingerprint density at radius 3 is 2.15 bits per heavy atom. The Hall–Kier alpha value is -2.77. The topological polar surface area (TPSA) is 96.5 Å². The molecule has 2 aromatic carbocycles. The summed E-state index contributed by atoms with van der Waals surface area (Å²) in [5.41, 5.74) is 0.840. The first-order valence-corrected chi connectivity index (χ1v) is 8.13. The molecular weight excluding hydrogens is 381 g/mol. The van der Waals surface area contributed by atoms with Crippen LogP contribution in [0.15, 0.2) is 42.5 Å². The number of amides is 3. The summed E-state index contributed by atoms with van der Waals surface area (Å²) in [5, 5.41) is 7.72. The molecule has 0 radical (unpaired) electrons. The first kappa shape index (κ1) is 19.6. The lowest BCUT2D eigenvalue weighted by molar-refractivity contribution is -0.136. The third kappa shape index (κ3) is 5.65. The normalized spacial score (nSPS) is 9.96. The molecule has 0 aliphatic rings. The van der Waals surface area contributed by atoms with Crippen LogP contribution in [-0.2, 0) is 14.4 Å². The van der Waals surface area contributed by atoms with Crippen LogP contribution >= 0.6 is 23.2 Å². The lowest BCUT2D eigenvalue weighted by Crippen LogP contribution is -2.39. The molecular formula is C17H15Cl2N3O4. The van der Waals surface area contributed by atoms with Gasteiger partial charge in [-0.15, -0.1) is 0 Å². The van der Waals surface area contributed by atoms with Crippen LogP contribution in [0.5, 0.6) is 5.75 Å². The Bertz CT molecular complexity index is 825. The standard InChI is InChI=1S/C17H15Cl2N3O4/c1-26-12-5-2-10(3-6-12)21-15(23)9-20-16(24)17(25)22-11-4-7-13(18)14(19)8-11/h2-8H,9H2,1H3,(H,20,24)(H,21,23)(H,22,25). The molecule has 136 valence electrons. The summed E-state index contributed by atoms with van der Waals surface area (Å²) < 4.78 is 5.01. The van der Waals surface area contributed by atoms with E-state index < -0.39 is 17.7 Å². The van der Waals surface area contributed by atoms with Crippen molar-refractivity contribution in [2.45, 2.75) is 0 Å². The van der Waals surface area contributed by atoms with Gasteiger partial charge in [0.25, 0.3) is 0 Å². The second-order valence-corrected chi connectivity index (χ2v) is 5.86. The third-order valence-electron chi connectivity index (χ3n) is 3.17. The van der Waals surface area contributed by atoms with Gasteiger partial charge in [-0.05, 0) is 42.5 Å². The number of benzene rings is 2. The van der Waals surface area contributed by atoms with Gasteiger partial charge in [0.05, 0.1) is 23.7 Å². The molecule has 7 nitrogen and oxygen atoms in total. The van der Waals surface area contributed by atoms with Gasteiger partial charge in [-0.3, -0.25) is 14.4 Å². The molecule has 2 aromatic rings. The van der Waals surface area contributed by atoms with Crippen LogP contribution in [0.2, 0.25) is 10.0 Å². The van der Waals surface area contributed by atoms with Gasteiger partial charge in [-0.1, -0.05) is 23.2 Å². The summed E-state index contributed by atoms with van der Waals surface area (Å²) in [6, 6.07) is 11.0. The van der Waals surface area contributed by atoms with Gasteiger partial charge >= 0.3 is 11.8 Å². The molecule has 0 aliphatic carbocycles. The van der Waals surface area contributed by atoms with Crippen molar-refractivity contribution < 1.29 is 19.1 Å². The van der Waals surface area contributed by atoms with Crippen molar-refractivity contribution in [3.63, 3.8) is 0 Å². The molecule has 26 heavy (non-hydrogen) atoms. The zero-order chi connectivity index (χ0) is 19.1. The predicted octanol–water partition coefficient (Wildman–Crippen LogP) is 2.70. The number of nitrogens with one attached hydrogen (secondary N) is 3. The largest absolute Gasteiger partial charge is 0.497 e. The highest BCUT2D eigenvalue weighted by atomic mass is 35.5. The molecule has 2 rings (SSSR count). The van der Waals surface area contributed by atoms with E-state index in [9.17, 15) is 14.4 Å². The number of ether oxygens (including phenoxy) is 1. The van der Waals surface area contributed by atoms with Crippen molar-refractivity contribution in [1.29, 1.82) is 0 Å². The summed E-state index contributed by atoms with van der Waals surface area (Å²) in [6.07, 6.45) is 0. The van der Waals surface area contributed by atoms with E-state index in [1.807, 2.05) is 0 Å². The maximum atomic E-state index is 11.8. The van der Waals surface area contributed by atoms with Crippen molar-refractivity contribution in [2.75, 3.05) is 24.3 Å². The molecule has 3 amide bonds. The van der Waals surface area contributed by atoms with E-state index >= 15 is 0 Å². The summed E-state index contributed by atoms with van der Waals surface area (Å²) in [4.78, 5) is 35.4. The van der Waals surface area contributed by atoms with Crippen molar-refractivity contribution in [3.8, 4) is 5.75 Å². The van der Waals surface area contributed by atoms with Gasteiger partial charge in [0.1, 0.15) is 5.75 Å². The SMILES string of the molecule is COc1ccc(NC(=O)CNC(=O)C(=O)Nc2ccc(Cl)c(Cl)c2)cc1. The molecule has 0 atom stereocenters. The molecule has 0 heterocycles. The van der Waals surface area contributed by atoms with Crippen LogP contribution in [0.25, 0.3) is 0 Å². The molecule has 0 bridgehead atoms. The maximum Gasteiger partial charge on any atom is 0.313 e. The highest BCUT2D eigenvalue weighted by molar-refractivity contribution is 6.43. The number of carbonyl (C=O) groups is 3. The summed E-state index contributed by atoms with van der Waals surface area (Å²) >= 11 is 11.6. The van der Waals surface area contributed by atoms with Gasteiger partial charge in [0.2, 0.25) is 5.91 Å². The third-order valence-corrected chi connectivity index (χ3v) is 3.91. The Morgan fingerprint density at radius 1 is 0.885 bits per heavy atom. The molecule has 0 unspecified atom stereocenters. The van der Waals surface area contributed by atoms with E-state index in [4.69, 9.17) is 27.9 Å². The average Bonchev–Trinajstić information content (AvgIpc) is 2.63. The van der Waals surface area contributed by atoms with Gasteiger partial charge in [0, 0.05) is 11.4 Å². The second kappa shape index (κ2) is 9.07. The van der Waals surface area contributed by atoms with E-state index in [-0.39, 0.29) is 11.6 Å². The Morgan fingerprint density at radius 2 is 1.54 bits per heavy atom. The van der Waals surface area contributed by atoms with Crippen molar-refractivity contribution in [2.24, 2.45) is 0 Å². The molecule has 3 N–H and O–H groups in total. The minimum atomic E-state index is -0.957. The van der Waals surface area contributed by atoms with Crippen LogP contribution in [-0.4, -0.2) is 31.4 Å². The maximum absolute atomic E-state index is 11.8. The van der Waals surface area contributed by atoms with E-state index in [1.165, 1.54) is 25.3 Å². The van der Waals surface area contributed by atoms with E-state index in [1.54, 1.807) is 24.3 Å². The number of carbonyl (C=O) groups excluding carboxylic acids is 3. The zero-order valence-corrected chi connectivity index (χ0v) is 15.1. The second-order valence-electron chi connectivity index (χ2n) is 5.04. The summed E-state index contributed by atoms with van der Waals surface area (Å²) in [6.45, 7) is -0.361. The van der Waals surface area contributed by atoms with Crippen molar-refractivity contribution >= 4 is 52.3 Å². The molecule has 0 spiro atoms. The Balaban J connectivity index is 1.81. The predicted molar refractivity (Wildman–Crippen MR) is 99.7 cm³/mol. The van der Waals surface area contributed by atoms with Gasteiger partial charge in [0.15, 0.2) is 0 Å². The Kier molecular flexibility index (Phi) is 6.82. The van der Waals surface area contributed by atoms with Crippen LogP contribution < -0.4 is 20.7 Å². The summed E-state index contributed by atoms with van der Waals surface area (Å²) in [5.74, 6) is -1.72. The minimum Gasteiger partial charge on any atom is -0.497 e. The van der Waals surface area contributed by atoms with E-state index in [0.717, 1.165) is 0 Å². The van der Waals surface area contributed by atoms with Gasteiger partial charge in [-0.2, -0.15) is 0 Å². The fourth-order valence-corrected chi connectivity index (χ4v) is 2.18. The molecule has 0 saturated heterocycles. The average molecular weight is 396 g/mol. The van der Waals surface area contributed by atoms with Crippen LogP contribution in [0.1, 0.15) is 0 Å². The molecule has 0 aliphatic heterocycles. The van der Waals surface area contributed by atoms with E-state index in [2.05, 4.69) is 16.0 Å². The lowest BCUT2D eigenvalue weighted by atomic mass is 10.3.